The molecule has 4 rings (SSSR count). The third kappa shape index (κ3) is 7.78. The van der Waals surface area contributed by atoms with Crippen molar-refractivity contribution in [1.29, 1.82) is 0 Å². The minimum atomic E-state index is -0.539. The monoisotopic (exact) mass is 523 g/mol. The summed E-state index contributed by atoms with van der Waals surface area (Å²) in [5.74, 6) is 1.54. The number of rotatable bonds is 9. The quantitative estimate of drug-likeness (QED) is 0.260. The fourth-order valence-corrected chi connectivity index (χ4v) is 3.56. The molecule has 37 heavy (non-hydrogen) atoms. The number of pyridine rings is 1. The SMILES string of the molecule is CC.CC(C)CNC(=O)Oc1ccc(OCc2ccccc2)c(-c2cncc(-c3ncnn3SF)c2)c1. The molecule has 0 spiro atoms. The number of nitrogens with zero attached hydrogens (tertiary/aromatic N) is 4. The Morgan fingerprint density at radius 1 is 1.08 bits per heavy atom. The van der Waals surface area contributed by atoms with E-state index < -0.39 is 6.09 Å². The van der Waals surface area contributed by atoms with Crippen molar-refractivity contribution in [3.05, 3.63) is 78.9 Å². The molecule has 0 aliphatic carbocycles. The van der Waals surface area contributed by atoms with Gasteiger partial charge < -0.3 is 14.8 Å². The first-order chi connectivity index (χ1) is 18.0. The Kier molecular flexibility index (Phi) is 10.5. The lowest BCUT2D eigenvalue weighted by molar-refractivity contribution is 0.199. The molecule has 0 aliphatic heterocycles. The molecule has 2 aromatic carbocycles. The topological polar surface area (TPSA) is 91.2 Å². The van der Waals surface area contributed by atoms with E-state index in [1.165, 1.54) is 6.33 Å². The van der Waals surface area contributed by atoms with E-state index in [1.807, 2.05) is 58.0 Å². The zero-order valence-electron chi connectivity index (χ0n) is 21.2. The maximum Gasteiger partial charge on any atom is 0.412 e. The Morgan fingerprint density at radius 2 is 1.84 bits per heavy atom. The highest BCUT2D eigenvalue weighted by molar-refractivity contribution is 7.92. The summed E-state index contributed by atoms with van der Waals surface area (Å²) in [6.45, 7) is 8.85. The smallest absolute Gasteiger partial charge is 0.412 e. The largest absolute Gasteiger partial charge is 0.488 e. The van der Waals surface area contributed by atoms with E-state index in [2.05, 4.69) is 20.4 Å². The molecular formula is C27H30FN5O3S. The molecule has 8 nitrogen and oxygen atoms in total. The number of benzene rings is 2. The van der Waals surface area contributed by atoms with Gasteiger partial charge in [0.25, 0.3) is 0 Å². The molecule has 0 atom stereocenters. The lowest BCUT2D eigenvalue weighted by Gasteiger charge is -2.15. The van der Waals surface area contributed by atoms with Crippen LogP contribution in [0, 0.1) is 5.92 Å². The Hall–Kier alpha value is -3.92. The van der Waals surface area contributed by atoms with Crippen LogP contribution in [0.1, 0.15) is 33.3 Å². The second-order valence-electron chi connectivity index (χ2n) is 8.08. The van der Waals surface area contributed by atoms with Crippen molar-refractivity contribution in [2.24, 2.45) is 5.92 Å². The van der Waals surface area contributed by atoms with Crippen molar-refractivity contribution >= 4 is 18.4 Å². The van der Waals surface area contributed by atoms with Gasteiger partial charge in [-0.1, -0.05) is 58.0 Å². The van der Waals surface area contributed by atoms with Gasteiger partial charge in [-0.15, -0.1) is 8.98 Å². The Labute approximate surface area is 220 Å². The Morgan fingerprint density at radius 3 is 2.57 bits per heavy atom. The van der Waals surface area contributed by atoms with Crippen LogP contribution in [0.3, 0.4) is 0 Å². The van der Waals surface area contributed by atoms with Gasteiger partial charge in [-0.05, 0) is 35.7 Å². The molecule has 194 valence electrons. The van der Waals surface area contributed by atoms with Crippen molar-refractivity contribution in [1.82, 2.24) is 24.5 Å². The van der Waals surface area contributed by atoms with E-state index in [0.29, 0.717) is 53.1 Å². The lowest BCUT2D eigenvalue weighted by atomic mass is 10.0. The summed E-state index contributed by atoms with van der Waals surface area (Å²) in [6.07, 6.45) is 3.96. The van der Waals surface area contributed by atoms with Crippen molar-refractivity contribution in [3.63, 3.8) is 0 Å². The molecule has 1 amide bonds. The van der Waals surface area contributed by atoms with Gasteiger partial charge in [-0.2, -0.15) is 4.09 Å². The minimum Gasteiger partial charge on any atom is -0.488 e. The molecule has 2 aromatic heterocycles. The van der Waals surface area contributed by atoms with E-state index in [9.17, 15) is 8.68 Å². The van der Waals surface area contributed by atoms with Crippen LogP contribution in [0.4, 0.5) is 8.68 Å². The first kappa shape index (κ1) is 27.7. The Bertz CT molecular complexity index is 1280. The maximum absolute atomic E-state index is 13.2. The number of nitrogens with one attached hydrogen (secondary N) is 1. The summed E-state index contributed by atoms with van der Waals surface area (Å²) in [6, 6.07) is 16.7. The van der Waals surface area contributed by atoms with Crippen LogP contribution < -0.4 is 14.8 Å². The van der Waals surface area contributed by atoms with E-state index >= 15 is 0 Å². The molecule has 0 aliphatic rings. The van der Waals surface area contributed by atoms with Gasteiger partial charge in [-0.25, -0.2) is 9.78 Å². The van der Waals surface area contributed by atoms with Crippen molar-refractivity contribution in [3.8, 4) is 34.0 Å². The summed E-state index contributed by atoms with van der Waals surface area (Å²) in [4.78, 5) is 20.6. The molecule has 0 bridgehead atoms. The predicted molar refractivity (Wildman–Crippen MR) is 144 cm³/mol. The first-order valence-corrected chi connectivity index (χ1v) is 12.6. The molecule has 0 unspecified atom stereocenters. The molecular weight excluding hydrogens is 493 g/mol. The number of carbonyl (C=O) groups excluding carboxylic acids is 1. The number of hydrogen-bond donors (Lipinski definition) is 1. The number of halogens is 1. The molecule has 4 aromatic rings. The van der Waals surface area contributed by atoms with E-state index in [-0.39, 0.29) is 12.3 Å². The molecule has 0 fully saturated rings. The van der Waals surface area contributed by atoms with Crippen LogP contribution in [0.2, 0.25) is 0 Å². The van der Waals surface area contributed by atoms with Gasteiger partial charge in [0.2, 0.25) is 0 Å². The number of amides is 1. The standard InChI is InChI=1S/C25H24FN5O3S.C2H6/c1-17(2)12-28-25(32)34-21-8-9-23(33-15-18-6-4-3-5-7-18)22(11-21)19-10-20(14-27-13-19)24-29-16-30-31(24)35-26;1-2/h3-11,13-14,16-17H,12,15H2,1-2H3,(H,28,32);1-2H3. The molecule has 10 heteroatoms. The van der Waals surface area contributed by atoms with E-state index in [1.54, 1.807) is 36.7 Å². The van der Waals surface area contributed by atoms with Gasteiger partial charge in [-0.3, -0.25) is 4.98 Å². The predicted octanol–water partition coefficient (Wildman–Crippen LogP) is 6.74. The zero-order valence-corrected chi connectivity index (χ0v) is 22.0. The van der Waals surface area contributed by atoms with Gasteiger partial charge in [0, 0.05) is 35.6 Å². The second-order valence-corrected chi connectivity index (χ2v) is 8.57. The minimum absolute atomic E-state index is 0.0506. The normalized spacial score (nSPS) is 10.4. The third-order valence-corrected chi connectivity index (χ3v) is 5.34. The van der Waals surface area contributed by atoms with Crippen LogP contribution in [-0.2, 0) is 6.61 Å². The molecule has 0 saturated heterocycles. The van der Waals surface area contributed by atoms with Crippen molar-refractivity contribution in [2.75, 3.05) is 6.54 Å². The van der Waals surface area contributed by atoms with Crippen molar-refractivity contribution < 1.29 is 18.2 Å². The van der Waals surface area contributed by atoms with Crippen LogP contribution in [-0.4, -0.2) is 31.8 Å². The number of aromatic nitrogens is 4. The average Bonchev–Trinajstić information content (AvgIpc) is 3.42. The maximum atomic E-state index is 13.2. The van der Waals surface area contributed by atoms with Crippen LogP contribution in [0.5, 0.6) is 11.5 Å². The molecule has 0 saturated carbocycles. The first-order valence-electron chi connectivity index (χ1n) is 11.9. The van der Waals surface area contributed by atoms with Gasteiger partial charge in [0.15, 0.2) is 18.2 Å². The molecule has 1 N–H and O–H groups in total. The number of ether oxygens (including phenoxy) is 2. The van der Waals surface area contributed by atoms with Gasteiger partial charge in [0.1, 0.15) is 24.4 Å². The summed E-state index contributed by atoms with van der Waals surface area (Å²) in [7, 11) is 0. The zero-order chi connectivity index (χ0) is 26.6. The number of carbonyl (C=O) groups is 1. The fraction of sp³-hybridized carbons (Fsp3) is 0.259. The van der Waals surface area contributed by atoms with Crippen LogP contribution in [0.15, 0.2) is 73.3 Å². The fourth-order valence-electron chi connectivity index (χ4n) is 3.27. The summed E-state index contributed by atoms with van der Waals surface area (Å²) >= 11 is -0.0506. The highest BCUT2D eigenvalue weighted by Gasteiger charge is 2.15. The summed E-state index contributed by atoms with van der Waals surface area (Å²) in [5.41, 5.74) is 2.91. The lowest BCUT2D eigenvalue weighted by Crippen LogP contribution is -2.30. The highest BCUT2D eigenvalue weighted by atomic mass is 32.2. The highest BCUT2D eigenvalue weighted by Crippen LogP contribution is 2.35. The average molecular weight is 524 g/mol. The molecule has 0 radical (unpaired) electrons. The van der Waals surface area contributed by atoms with E-state index in [0.717, 1.165) is 9.65 Å². The van der Waals surface area contributed by atoms with Crippen molar-refractivity contribution in [2.45, 2.75) is 34.3 Å². The van der Waals surface area contributed by atoms with Crippen LogP contribution in [0.25, 0.3) is 22.5 Å². The van der Waals surface area contributed by atoms with Crippen LogP contribution >= 0.6 is 12.3 Å². The summed E-state index contributed by atoms with van der Waals surface area (Å²) < 4.78 is 25.9. The van der Waals surface area contributed by atoms with Gasteiger partial charge >= 0.3 is 6.09 Å². The summed E-state index contributed by atoms with van der Waals surface area (Å²) in [5, 5.41) is 6.58. The third-order valence-electron chi connectivity index (χ3n) is 4.94. The van der Waals surface area contributed by atoms with Gasteiger partial charge in [0.05, 0.1) is 0 Å². The second kappa shape index (κ2) is 14.0. The Balaban J connectivity index is 0.00000186. The van der Waals surface area contributed by atoms with E-state index in [4.69, 9.17) is 9.47 Å². The molecule has 2 heterocycles. The number of hydrogen-bond acceptors (Lipinski definition) is 7.